The van der Waals surface area contributed by atoms with E-state index in [1.807, 2.05) is 6.92 Å². The van der Waals surface area contributed by atoms with Crippen LogP contribution in [0.5, 0.6) is 0 Å². The van der Waals surface area contributed by atoms with Crippen LogP contribution in [0.4, 0.5) is 0 Å². The van der Waals surface area contributed by atoms with Crippen molar-refractivity contribution in [3.05, 3.63) is 0 Å². The van der Waals surface area contributed by atoms with Gasteiger partial charge in [-0.05, 0) is 13.3 Å². The summed E-state index contributed by atoms with van der Waals surface area (Å²) in [5.74, 6) is 0. The number of aliphatic hydroxyl groups excluding tert-OH is 1. The van der Waals surface area contributed by atoms with E-state index in [0.29, 0.717) is 0 Å². The molecule has 0 aromatic heterocycles. The van der Waals surface area contributed by atoms with Crippen molar-refractivity contribution in [1.29, 1.82) is 0 Å². The zero-order valence-electron chi connectivity index (χ0n) is 12.9. The topological polar surface area (TPSA) is 20.2 Å². The molecule has 0 saturated heterocycles. The first kappa shape index (κ1) is 18.0. The molecule has 0 aromatic rings. The van der Waals surface area contributed by atoms with Gasteiger partial charge in [-0.2, -0.15) is 0 Å². The molecule has 0 aliphatic rings. The Morgan fingerprint density at radius 3 is 1.28 bits per heavy atom. The van der Waals surface area contributed by atoms with Crippen molar-refractivity contribution in [1.82, 2.24) is 0 Å². The molecule has 1 heteroatoms. The highest BCUT2D eigenvalue weighted by Gasteiger charge is 1.96. The lowest BCUT2D eigenvalue weighted by Gasteiger charge is -2.04. The fraction of sp³-hybridized carbons (Fsp3) is 1.00. The molecule has 0 unspecified atom stereocenters. The summed E-state index contributed by atoms with van der Waals surface area (Å²) in [4.78, 5) is 0. The number of unbranched alkanes of at least 4 members (excludes halogenated alkanes) is 12. The second-order valence-electron chi connectivity index (χ2n) is 5.88. The van der Waals surface area contributed by atoms with Crippen LogP contribution in [0.2, 0.25) is 0 Å². The van der Waals surface area contributed by atoms with Gasteiger partial charge in [0.1, 0.15) is 0 Å². The van der Waals surface area contributed by atoms with Gasteiger partial charge in [0, 0.05) is 0 Å². The van der Waals surface area contributed by atoms with Crippen LogP contribution < -0.4 is 0 Å². The lowest BCUT2D eigenvalue weighted by Crippen LogP contribution is -1.98. The molecule has 110 valence electrons. The summed E-state index contributed by atoms with van der Waals surface area (Å²) in [7, 11) is 0. The Hall–Kier alpha value is -0.0400. The second kappa shape index (κ2) is 15.0. The van der Waals surface area contributed by atoms with Gasteiger partial charge in [0.15, 0.2) is 0 Å². The molecular formula is C17H36O. The van der Waals surface area contributed by atoms with Crippen molar-refractivity contribution >= 4 is 0 Å². The monoisotopic (exact) mass is 256 g/mol. The summed E-state index contributed by atoms with van der Waals surface area (Å²) in [5, 5.41) is 9.13. The average molecular weight is 256 g/mol. The number of hydrogen-bond acceptors (Lipinski definition) is 1. The molecule has 0 heterocycles. The fourth-order valence-electron chi connectivity index (χ4n) is 2.46. The standard InChI is InChI=1S/C17H36O/c1-3-4-5-6-7-8-9-10-11-12-13-14-15-16-17(2)18/h17-18H,3-16H2,1-2H3/t17-/m0/s1. The van der Waals surface area contributed by atoms with E-state index < -0.39 is 0 Å². The maximum Gasteiger partial charge on any atom is 0.0512 e. The Bertz CT molecular complexity index is 143. The third kappa shape index (κ3) is 16.0. The molecule has 1 atom stereocenters. The number of rotatable bonds is 14. The predicted octanol–water partition coefficient (Wildman–Crippen LogP) is 5.85. The molecular weight excluding hydrogens is 220 g/mol. The number of aliphatic hydroxyl groups is 1. The number of hydrogen-bond donors (Lipinski definition) is 1. The molecule has 18 heavy (non-hydrogen) atoms. The zero-order valence-corrected chi connectivity index (χ0v) is 12.9. The Balaban J connectivity index is 2.90. The molecule has 0 saturated carbocycles. The first-order chi connectivity index (χ1) is 8.77. The summed E-state index contributed by atoms with van der Waals surface area (Å²) >= 11 is 0. The molecule has 0 aromatic carbocycles. The van der Waals surface area contributed by atoms with E-state index >= 15 is 0 Å². The molecule has 0 rings (SSSR count). The van der Waals surface area contributed by atoms with Crippen LogP contribution in [0.15, 0.2) is 0 Å². The molecule has 0 radical (unpaired) electrons. The molecule has 0 aliphatic heterocycles. The Kier molecular flexibility index (Phi) is 15.0. The van der Waals surface area contributed by atoms with E-state index in [9.17, 15) is 0 Å². The first-order valence-corrected chi connectivity index (χ1v) is 8.45. The molecule has 0 amide bonds. The quantitative estimate of drug-likeness (QED) is 0.387. The van der Waals surface area contributed by atoms with Gasteiger partial charge < -0.3 is 5.11 Å². The van der Waals surface area contributed by atoms with Crippen LogP contribution in [-0.4, -0.2) is 11.2 Å². The van der Waals surface area contributed by atoms with Gasteiger partial charge in [0.2, 0.25) is 0 Å². The zero-order chi connectivity index (χ0) is 13.5. The SMILES string of the molecule is CCCCCCCCCCCCCCC[C@H](C)O. The highest BCUT2D eigenvalue weighted by Crippen LogP contribution is 2.13. The minimum Gasteiger partial charge on any atom is -0.393 e. The van der Waals surface area contributed by atoms with E-state index in [-0.39, 0.29) is 6.10 Å². The van der Waals surface area contributed by atoms with Gasteiger partial charge in [-0.25, -0.2) is 0 Å². The summed E-state index contributed by atoms with van der Waals surface area (Å²) < 4.78 is 0. The highest BCUT2D eigenvalue weighted by atomic mass is 16.3. The minimum atomic E-state index is -0.0993. The van der Waals surface area contributed by atoms with Crippen molar-refractivity contribution in [2.45, 2.75) is 110 Å². The highest BCUT2D eigenvalue weighted by molar-refractivity contribution is 4.51. The van der Waals surface area contributed by atoms with Crippen LogP contribution in [0, 0.1) is 0 Å². The fourth-order valence-corrected chi connectivity index (χ4v) is 2.46. The summed E-state index contributed by atoms with van der Waals surface area (Å²) in [5.41, 5.74) is 0. The van der Waals surface area contributed by atoms with Crippen LogP contribution in [-0.2, 0) is 0 Å². The van der Waals surface area contributed by atoms with Crippen molar-refractivity contribution < 1.29 is 5.11 Å². The lowest BCUT2D eigenvalue weighted by molar-refractivity contribution is 0.180. The van der Waals surface area contributed by atoms with Crippen LogP contribution in [0.25, 0.3) is 0 Å². The Labute approximate surface area is 115 Å². The molecule has 0 bridgehead atoms. The van der Waals surface area contributed by atoms with Gasteiger partial charge in [-0.3, -0.25) is 0 Å². The van der Waals surface area contributed by atoms with Crippen molar-refractivity contribution in [2.75, 3.05) is 0 Å². The molecule has 0 aliphatic carbocycles. The maximum atomic E-state index is 9.13. The van der Waals surface area contributed by atoms with Crippen molar-refractivity contribution in [3.63, 3.8) is 0 Å². The van der Waals surface area contributed by atoms with Gasteiger partial charge >= 0.3 is 0 Å². The first-order valence-electron chi connectivity index (χ1n) is 8.45. The maximum absolute atomic E-state index is 9.13. The Morgan fingerprint density at radius 2 is 0.944 bits per heavy atom. The smallest absolute Gasteiger partial charge is 0.0512 e. The largest absolute Gasteiger partial charge is 0.393 e. The predicted molar refractivity (Wildman–Crippen MR) is 82.0 cm³/mol. The normalized spacial score (nSPS) is 12.8. The van der Waals surface area contributed by atoms with Gasteiger partial charge in [0.25, 0.3) is 0 Å². The second-order valence-corrected chi connectivity index (χ2v) is 5.88. The van der Waals surface area contributed by atoms with E-state index in [1.165, 1.54) is 83.5 Å². The summed E-state index contributed by atoms with van der Waals surface area (Å²) in [6, 6.07) is 0. The Morgan fingerprint density at radius 1 is 0.611 bits per heavy atom. The van der Waals surface area contributed by atoms with Gasteiger partial charge in [-0.1, -0.05) is 90.4 Å². The summed E-state index contributed by atoms with van der Waals surface area (Å²) in [6.07, 6.45) is 19.0. The van der Waals surface area contributed by atoms with Gasteiger partial charge in [-0.15, -0.1) is 0 Å². The van der Waals surface area contributed by atoms with Crippen molar-refractivity contribution in [3.8, 4) is 0 Å². The van der Waals surface area contributed by atoms with Gasteiger partial charge in [0.05, 0.1) is 6.10 Å². The van der Waals surface area contributed by atoms with E-state index in [2.05, 4.69) is 6.92 Å². The minimum absolute atomic E-state index is 0.0993. The third-order valence-corrected chi connectivity index (χ3v) is 3.73. The molecule has 1 nitrogen and oxygen atoms in total. The van der Waals surface area contributed by atoms with Crippen LogP contribution >= 0.6 is 0 Å². The molecule has 1 N–H and O–H groups in total. The van der Waals surface area contributed by atoms with E-state index in [1.54, 1.807) is 0 Å². The third-order valence-electron chi connectivity index (χ3n) is 3.73. The average Bonchev–Trinajstić information content (AvgIpc) is 2.34. The molecule has 0 fully saturated rings. The lowest BCUT2D eigenvalue weighted by atomic mass is 10.0. The van der Waals surface area contributed by atoms with Crippen LogP contribution in [0.1, 0.15) is 104 Å². The van der Waals surface area contributed by atoms with E-state index in [0.717, 1.165) is 6.42 Å². The van der Waals surface area contributed by atoms with E-state index in [4.69, 9.17) is 5.11 Å². The summed E-state index contributed by atoms with van der Waals surface area (Å²) in [6.45, 7) is 4.17. The molecule has 0 spiro atoms. The van der Waals surface area contributed by atoms with Crippen molar-refractivity contribution in [2.24, 2.45) is 0 Å². The van der Waals surface area contributed by atoms with Crippen LogP contribution in [0.3, 0.4) is 0 Å².